The Kier molecular flexibility index (Phi) is 6.75. The summed E-state index contributed by atoms with van der Waals surface area (Å²) in [6.45, 7) is 0.624. The zero-order chi connectivity index (χ0) is 10.6. The average Bonchev–Trinajstić information content (AvgIpc) is 2.19. The molecule has 1 saturated carbocycles. The summed E-state index contributed by atoms with van der Waals surface area (Å²) in [6.07, 6.45) is 3.46. The lowest BCUT2D eigenvalue weighted by molar-refractivity contribution is 0.0757. The van der Waals surface area contributed by atoms with Crippen LogP contribution in [0.1, 0.15) is 25.7 Å². The monoisotopic (exact) mass is 257 g/mol. The van der Waals surface area contributed by atoms with Gasteiger partial charge >= 0.3 is 0 Å². The Labute approximate surface area is 98.6 Å². The Morgan fingerprint density at radius 3 is 2.20 bits per heavy atom. The lowest BCUT2D eigenvalue weighted by Crippen LogP contribution is -2.38. The molecule has 6 heteroatoms. The van der Waals surface area contributed by atoms with E-state index in [9.17, 15) is 13.5 Å². The smallest absolute Gasteiger partial charge is 0.140 e. The molecule has 1 rings (SSSR count). The molecule has 1 fully saturated rings. The van der Waals surface area contributed by atoms with E-state index in [1.165, 1.54) is 0 Å². The third-order valence-corrected chi connectivity index (χ3v) is 4.16. The summed E-state index contributed by atoms with van der Waals surface area (Å²) >= 11 is 0. The predicted molar refractivity (Wildman–Crippen MR) is 63.0 cm³/mol. The summed E-state index contributed by atoms with van der Waals surface area (Å²) in [4.78, 5) is 0. The zero-order valence-electron chi connectivity index (χ0n) is 8.72. The van der Waals surface area contributed by atoms with Crippen molar-refractivity contribution >= 4 is 23.1 Å². The van der Waals surface area contributed by atoms with E-state index in [1.807, 2.05) is 0 Å². The first-order valence-electron chi connectivity index (χ1n) is 5.04. The Morgan fingerprint density at radius 2 is 1.87 bits per heavy atom. The molecular weight excluding hydrogens is 238 g/mol. The standard InChI is InChI=1S/C9H19NO3S.ClH/c10-6-9(7-11)3-1-8(2-4-9)5-14(12)13;/h8,11,14H,1-7,10H2;1H. The first-order chi connectivity index (χ1) is 6.62. The minimum atomic E-state index is -2.26. The van der Waals surface area contributed by atoms with Crippen LogP contribution in [0.2, 0.25) is 0 Å². The number of aliphatic hydroxyl groups excluding tert-OH is 1. The van der Waals surface area contributed by atoms with Crippen LogP contribution in [-0.2, 0) is 10.7 Å². The van der Waals surface area contributed by atoms with Crippen LogP contribution in [0, 0.1) is 11.3 Å². The molecule has 15 heavy (non-hydrogen) atoms. The van der Waals surface area contributed by atoms with Gasteiger partial charge in [-0.15, -0.1) is 12.4 Å². The largest absolute Gasteiger partial charge is 0.396 e. The number of thiol groups is 1. The normalized spacial score (nSPS) is 31.3. The first-order valence-corrected chi connectivity index (χ1v) is 6.41. The van der Waals surface area contributed by atoms with Gasteiger partial charge in [-0.05, 0) is 31.6 Å². The quantitative estimate of drug-likeness (QED) is 0.627. The Morgan fingerprint density at radius 1 is 1.33 bits per heavy atom. The molecule has 0 bridgehead atoms. The molecule has 0 aromatic carbocycles. The van der Waals surface area contributed by atoms with E-state index in [-0.39, 0.29) is 30.3 Å². The second-order valence-corrected chi connectivity index (χ2v) is 5.35. The van der Waals surface area contributed by atoms with Crippen LogP contribution < -0.4 is 5.73 Å². The van der Waals surface area contributed by atoms with Crippen molar-refractivity contribution in [3.05, 3.63) is 0 Å². The van der Waals surface area contributed by atoms with Gasteiger partial charge in [0, 0.05) is 18.6 Å². The van der Waals surface area contributed by atoms with Gasteiger partial charge in [0.1, 0.15) is 10.7 Å². The van der Waals surface area contributed by atoms with Gasteiger partial charge in [0.2, 0.25) is 0 Å². The van der Waals surface area contributed by atoms with Gasteiger partial charge in [-0.2, -0.15) is 0 Å². The Bertz CT molecular complexity index is 236. The molecule has 3 N–H and O–H groups in total. The van der Waals surface area contributed by atoms with E-state index in [0.717, 1.165) is 25.7 Å². The number of hydrogen-bond acceptors (Lipinski definition) is 4. The average molecular weight is 258 g/mol. The van der Waals surface area contributed by atoms with Crippen LogP contribution in [0.15, 0.2) is 0 Å². The predicted octanol–water partition coefficient (Wildman–Crippen LogP) is 0.147. The van der Waals surface area contributed by atoms with E-state index in [0.29, 0.717) is 12.3 Å². The van der Waals surface area contributed by atoms with Gasteiger partial charge in [0.05, 0.1) is 5.75 Å². The van der Waals surface area contributed by atoms with E-state index in [1.54, 1.807) is 0 Å². The Balaban J connectivity index is 0.00000196. The maximum absolute atomic E-state index is 10.5. The van der Waals surface area contributed by atoms with Crippen molar-refractivity contribution in [1.29, 1.82) is 0 Å². The molecule has 0 aromatic heterocycles. The summed E-state index contributed by atoms with van der Waals surface area (Å²) in [5, 5.41) is 9.21. The fourth-order valence-corrected chi connectivity index (χ4v) is 2.90. The maximum atomic E-state index is 10.5. The SMILES string of the molecule is Cl.NCC1(CO)CCC(C[SH](=O)=O)CC1. The lowest BCUT2D eigenvalue weighted by Gasteiger charge is -2.37. The van der Waals surface area contributed by atoms with Crippen LogP contribution in [0.25, 0.3) is 0 Å². The second-order valence-electron chi connectivity index (χ2n) is 4.32. The van der Waals surface area contributed by atoms with Crippen LogP contribution in [0.3, 0.4) is 0 Å². The van der Waals surface area contributed by atoms with Crippen LogP contribution in [0.4, 0.5) is 0 Å². The highest BCUT2D eigenvalue weighted by Crippen LogP contribution is 2.37. The maximum Gasteiger partial charge on any atom is 0.140 e. The lowest BCUT2D eigenvalue weighted by atomic mass is 9.71. The molecule has 0 aromatic rings. The van der Waals surface area contributed by atoms with E-state index < -0.39 is 10.7 Å². The summed E-state index contributed by atoms with van der Waals surface area (Å²) in [6, 6.07) is 0. The van der Waals surface area contributed by atoms with Crippen molar-refractivity contribution in [3.63, 3.8) is 0 Å². The van der Waals surface area contributed by atoms with Gasteiger partial charge < -0.3 is 10.8 Å². The molecule has 4 nitrogen and oxygen atoms in total. The third kappa shape index (κ3) is 4.26. The van der Waals surface area contributed by atoms with Crippen molar-refractivity contribution in [1.82, 2.24) is 0 Å². The molecule has 92 valence electrons. The van der Waals surface area contributed by atoms with Gasteiger partial charge in [-0.25, -0.2) is 8.42 Å². The number of aliphatic hydroxyl groups is 1. The number of nitrogens with two attached hydrogens (primary N) is 1. The second kappa shape index (κ2) is 6.68. The molecular formula is C9H20ClNO3S. The fraction of sp³-hybridized carbons (Fsp3) is 1.00. The fourth-order valence-electron chi connectivity index (χ4n) is 2.11. The highest BCUT2D eigenvalue weighted by molar-refractivity contribution is 7.72. The van der Waals surface area contributed by atoms with Gasteiger partial charge in [0.15, 0.2) is 0 Å². The van der Waals surface area contributed by atoms with Crippen LogP contribution >= 0.6 is 12.4 Å². The minimum Gasteiger partial charge on any atom is -0.396 e. The van der Waals surface area contributed by atoms with E-state index in [4.69, 9.17) is 5.73 Å². The van der Waals surface area contributed by atoms with Gasteiger partial charge in [0.25, 0.3) is 0 Å². The zero-order valence-corrected chi connectivity index (χ0v) is 10.4. The number of rotatable bonds is 4. The minimum absolute atomic E-state index is 0. The van der Waals surface area contributed by atoms with Crippen LogP contribution in [0.5, 0.6) is 0 Å². The molecule has 1 aliphatic carbocycles. The van der Waals surface area contributed by atoms with Crippen LogP contribution in [-0.4, -0.2) is 32.4 Å². The highest BCUT2D eigenvalue weighted by Gasteiger charge is 2.33. The molecule has 1 aliphatic rings. The van der Waals surface area contributed by atoms with E-state index >= 15 is 0 Å². The first kappa shape index (κ1) is 15.2. The topological polar surface area (TPSA) is 80.4 Å². The molecule has 0 radical (unpaired) electrons. The molecule has 0 unspecified atom stereocenters. The number of halogens is 1. The van der Waals surface area contributed by atoms with Crippen molar-refractivity contribution in [2.75, 3.05) is 18.9 Å². The molecule has 0 amide bonds. The summed E-state index contributed by atoms with van der Waals surface area (Å²) < 4.78 is 21.1. The van der Waals surface area contributed by atoms with Crippen molar-refractivity contribution in [2.24, 2.45) is 17.1 Å². The molecule has 0 spiro atoms. The van der Waals surface area contributed by atoms with Gasteiger partial charge in [-0.1, -0.05) is 0 Å². The molecule has 0 atom stereocenters. The molecule has 0 aliphatic heterocycles. The van der Waals surface area contributed by atoms with Gasteiger partial charge in [-0.3, -0.25) is 0 Å². The van der Waals surface area contributed by atoms with Crippen molar-refractivity contribution < 1.29 is 13.5 Å². The third-order valence-electron chi connectivity index (χ3n) is 3.34. The van der Waals surface area contributed by atoms with Crippen molar-refractivity contribution in [2.45, 2.75) is 25.7 Å². The Hall–Kier alpha value is 0.160. The summed E-state index contributed by atoms with van der Waals surface area (Å²) in [5.41, 5.74) is 5.48. The van der Waals surface area contributed by atoms with E-state index in [2.05, 4.69) is 0 Å². The molecule has 0 saturated heterocycles. The summed E-state index contributed by atoms with van der Waals surface area (Å²) in [7, 11) is -2.26. The van der Waals surface area contributed by atoms with Crippen molar-refractivity contribution in [3.8, 4) is 0 Å². The highest BCUT2D eigenvalue weighted by atomic mass is 35.5. The molecule has 0 heterocycles. The number of hydrogen-bond donors (Lipinski definition) is 3. The summed E-state index contributed by atoms with van der Waals surface area (Å²) in [5.74, 6) is 0.573.